The number of nitrogens with one attached hydrogen (secondary N) is 1. The smallest absolute Gasteiger partial charge is 0.387 e. The molecule has 0 unspecified atom stereocenters. The number of halogens is 2. The minimum atomic E-state index is -2.95. The summed E-state index contributed by atoms with van der Waals surface area (Å²) >= 11 is 0.728. The van der Waals surface area contributed by atoms with Gasteiger partial charge in [-0.15, -0.1) is 0 Å². The zero-order chi connectivity index (χ0) is 25.8. The number of benzene rings is 2. The third-order valence-electron chi connectivity index (χ3n) is 5.32. The van der Waals surface area contributed by atoms with Crippen LogP contribution in [0.15, 0.2) is 53.4 Å². The van der Waals surface area contributed by atoms with Gasteiger partial charge >= 0.3 is 6.61 Å². The van der Waals surface area contributed by atoms with E-state index in [1.807, 2.05) is 0 Å². The average Bonchev–Trinajstić information content (AvgIpc) is 3.32. The molecule has 2 saturated heterocycles. The van der Waals surface area contributed by atoms with E-state index in [2.05, 4.69) is 10.1 Å². The maximum atomic E-state index is 12.6. The molecule has 12 heteroatoms. The molecule has 0 saturated carbocycles. The van der Waals surface area contributed by atoms with Crippen molar-refractivity contribution in [1.82, 2.24) is 10.2 Å². The van der Waals surface area contributed by atoms with Crippen molar-refractivity contribution in [3.05, 3.63) is 64.6 Å². The van der Waals surface area contributed by atoms with Gasteiger partial charge in [-0.05, 0) is 53.7 Å². The minimum Gasteiger partial charge on any atom is -0.435 e. The van der Waals surface area contributed by atoms with Crippen LogP contribution in [0.1, 0.15) is 28.8 Å². The van der Waals surface area contributed by atoms with Crippen LogP contribution in [-0.2, 0) is 14.4 Å². The molecule has 5 amide bonds. The van der Waals surface area contributed by atoms with Crippen LogP contribution in [0.2, 0.25) is 0 Å². The van der Waals surface area contributed by atoms with Gasteiger partial charge in [0.05, 0.1) is 10.6 Å². The Morgan fingerprint density at radius 1 is 1.06 bits per heavy atom. The number of thioether (sulfide) groups is 1. The van der Waals surface area contributed by atoms with Gasteiger partial charge in [-0.2, -0.15) is 8.78 Å². The van der Waals surface area contributed by atoms with E-state index >= 15 is 0 Å². The Hall–Kier alpha value is -4.06. The fourth-order valence-corrected chi connectivity index (χ4v) is 4.49. The third kappa shape index (κ3) is 5.60. The van der Waals surface area contributed by atoms with Crippen LogP contribution in [0.5, 0.6) is 5.75 Å². The molecule has 2 aliphatic heterocycles. The second-order valence-corrected chi connectivity index (χ2v) is 8.70. The van der Waals surface area contributed by atoms with Crippen molar-refractivity contribution in [2.75, 3.05) is 18.0 Å². The lowest BCUT2D eigenvalue weighted by Gasteiger charge is -2.15. The van der Waals surface area contributed by atoms with Gasteiger partial charge in [0.25, 0.3) is 17.1 Å². The van der Waals surface area contributed by atoms with Crippen molar-refractivity contribution in [1.29, 1.82) is 0 Å². The Morgan fingerprint density at radius 2 is 1.75 bits per heavy atom. The SMILES string of the molecule is O=C(NCCN1C(=O)SC(=Cc2ccc(OC(F)F)cc2)C1=O)c1cccc(N2C(=O)CCC2=O)c1. The molecule has 0 aromatic heterocycles. The third-order valence-corrected chi connectivity index (χ3v) is 6.22. The van der Waals surface area contributed by atoms with Crippen LogP contribution in [0.4, 0.5) is 19.3 Å². The van der Waals surface area contributed by atoms with Crippen LogP contribution in [0.25, 0.3) is 6.08 Å². The summed E-state index contributed by atoms with van der Waals surface area (Å²) < 4.78 is 28.8. The van der Waals surface area contributed by atoms with E-state index < -0.39 is 23.7 Å². The van der Waals surface area contributed by atoms with Gasteiger partial charge in [-0.25, -0.2) is 0 Å². The van der Waals surface area contributed by atoms with Crippen LogP contribution in [-0.4, -0.2) is 53.5 Å². The molecule has 2 aromatic carbocycles. The highest BCUT2D eigenvalue weighted by molar-refractivity contribution is 8.18. The first-order valence-electron chi connectivity index (χ1n) is 10.8. The summed E-state index contributed by atoms with van der Waals surface area (Å²) in [6.45, 7) is -3.04. The van der Waals surface area contributed by atoms with Gasteiger partial charge in [0.1, 0.15) is 5.75 Å². The van der Waals surface area contributed by atoms with Crippen molar-refractivity contribution < 1.29 is 37.5 Å². The van der Waals surface area contributed by atoms with E-state index in [4.69, 9.17) is 0 Å². The Labute approximate surface area is 208 Å². The Bertz CT molecular complexity index is 1250. The number of anilines is 1. The second kappa shape index (κ2) is 10.7. The summed E-state index contributed by atoms with van der Waals surface area (Å²) in [6.07, 6.45) is 1.71. The number of amides is 5. The Balaban J connectivity index is 1.34. The van der Waals surface area contributed by atoms with Gasteiger partial charge < -0.3 is 10.1 Å². The van der Waals surface area contributed by atoms with E-state index in [9.17, 15) is 32.8 Å². The molecule has 0 aliphatic carbocycles. The average molecular weight is 515 g/mol. The first-order chi connectivity index (χ1) is 17.2. The van der Waals surface area contributed by atoms with Crippen molar-refractivity contribution in [2.24, 2.45) is 0 Å². The molecule has 1 N–H and O–H groups in total. The molecule has 2 aromatic rings. The first kappa shape index (κ1) is 25.0. The van der Waals surface area contributed by atoms with E-state index in [0.717, 1.165) is 21.6 Å². The number of nitrogens with zero attached hydrogens (tertiary/aromatic N) is 2. The minimum absolute atomic E-state index is 0.0182. The largest absolute Gasteiger partial charge is 0.435 e. The van der Waals surface area contributed by atoms with Gasteiger partial charge in [0, 0.05) is 31.5 Å². The lowest BCUT2D eigenvalue weighted by atomic mass is 10.1. The predicted molar refractivity (Wildman–Crippen MR) is 126 cm³/mol. The molecule has 186 valence electrons. The standard InChI is InChI=1S/C24H19F2N3O6S/c25-23(26)35-17-6-4-14(5-7-17)12-18-22(33)28(24(34)36-18)11-10-27-21(32)15-2-1-3-16(13-15)29-19(30)8-9-20(29)31/h1-7,12-13,23H,8-11H2,(H,27,32). The molecule has 2 fully saturated rings. The Morgan fingerprint density at radius 3 is 2.42 bits per heavy atom. The zero-order valence-electron chi connectivity index (χ0n) is 18.6. The van der Waals surface area contributed by atoms with Crippen LogP contribution in [0, 0.1) is 0 Å². The number of hydrogen-bond acceptors (Lipinski definition) is 7. The maximum absolute atomic E-state index is 12.6. The van der Waals surface area contributed by atoms with Crippen LogP contribution < -0.4 is 15.0 Å². The molecule has 2 heterocycles. The normalized spacial score (nSPS) is 17.0. The van der Waals surface area contributed by atoms with Crippen molar-refractivity contribution in [3.63, 3.8) is 0 Å². The summed E-state index contributed by atoms with van der Waals surface area (Å²) in [4.78, 5) is 63.6. The van der Waals surface area contributed by atoms with Crippen molar-refractivity contribution >= 4 is 52.4 Å². The Kier molecular flexibility index (Phi) is 7.44. The quantitative estimate of drug-likeness (QED) is 0.424. The van der Waals surface area contributed by atoms with E-state index in [0.29, 0.717) is 11.3 Å². The highest BCUT2D eigenvalue weighted by Gasteiger charge is 2.35. The fraction of sp³-hybridized carbons (Fsp3) is 0.208. The number of hydrogen-bond donors (Lipinski definition) is 1. The second-order valence-electron chi connectivity index (χ2n) is 7.71. The molecule has 4 rings (SSSR count). The highest BCUT2D eigenvalue weighted by Crippen LogP contribution is 2.32. The molecule has 9 nitrogen and oxygen atoms in total. The number of alkyl halides is 2. The summed E-state index contributed by atoms with van der Waals surface area (Å²) in [5, 5.41) is 2.11. The summed E-state index contributed by atoms with van der Waals surface area (Å²) in [7, 11) is 0. The maximum Gasteiger partial charge on any atom is 0.387 e. The van der Waals surface area contributed by atoms with E-state index in [1.165, 1.54) is 42.5 Å². The molecule has 0 bridgehead atoms. The lowest BCUT2D eigenvalue weighted by Crippen LogP contribution is -2.37. The zero-order valence-corrected chi connectivity index (χ0v) is 19.4. The van der Waals surface area contributed by atoms with Gasteiger partial charge in [0.15, 0.2) is 0 Å². The summed E-state index contributed by atoms with van der Waals surface area (Å²) in [5.41, 5.74) is 1.04. The van der Waals surface area contributed by atoms with E-state index in [1.54, 1.807) is 12.1 Å². The monoisotopic (exact) mass is 515 g/mol. The topological polar surface area (TPSA) is 113 Å². The number of carbonyl (C=O) groups excluding carboxylic acids is 5. The van der Waals surface area contributed by atoms with Crippen LogP contribution >= 0.6 is 11.8 Å². The van der Waals surface area contributed by atoms with Crippen molar-refractivity contribution in [2.45, 2.75) is 19.5 Å². The highest BCUT2D eigenvalue weighted by atomic mass is 32.2. The van der Waals surface area contributed by atoms with Gasteiger partial charge in [-0.1, -0.05) is 18.2 Å². The molecule has 0 radical (unpaired) electrons. The molecule has 0 spiro atoms. The number of carbonyl (C=O) groups is 5. The summed E-state index contributed by atoms with van der Waals surface area (Å²) in [6, 6.07) is 11.7. The van der Waals surface area contributed by atoms with Crippen molar-refractivity contribution in [3.8, 4) is 5.75 Å². The first-order valence-corrected chi connectivity index (χ1v) is 11.6. The summed E-state index contributed by atoms with van der Waals surface area (Å²) in [5.74, 6) is -1.73. The predicted octanol–water partition coefficient (Wildman–Crippen LogP) is 3.41. The fourth-order valence-electron chi connectivity index (χ4n) is 3.62. The lowest BCUT2D eigenvalue weighted by molar-refractivity contribution is -0.123. The molecular formula is C24H19F2N3O6S. The molecule has 2 aliphatic rings. The molecule has 36 heavy (non-hydrogen) atoms. The number of rotatable bonds is 8. The molecule has 0 atom stereocenters. The number of ether oxygens (including phenoxy) is 1. The number of imide groups is 2. The van der Waals surface area contributed by atoms with E-state index in [-0.39, 0.29) is 54.0 Å². The molecular weight excluding hydrogens is 496 g/mol. The van der Waals surface area contributed by atoms with Gasteiger partial charge in [0.2, 0.25) is 11.8 Å². The van der Waals surface area contributed by atoms with Gasteiger partial charge in [-0.3, -0.25) is 33.8 Å². The van der Waals surface area contributed by atoms with Crippen LogP contribution in [0.3, 0.4) is 0 Å².